The highest BCUT2D eigenvalue weighted by molar-refractivity contribution is 7.92. The SMILES string of the molecule is CCS(=O)(=O)[C@H]1CC[C@@](C#N)(CO)C1. The number of rotatable bonds is 3. The summed E-state index contributed by atoms with van der Waals surface area (Å²) in [5.41, 5.74) is -0.813. The molecule has 1 rings (SSSR count). The van der Waals surface area contributed by atoms with Crippen molar-refractivity contribution >= 4 is 9.84 Å². The smallest absolute Gasteiger partial charge is 0.152 e. The predicted molar refractivity (Wildman–Crippen MR) is 52.2 cm³/mol. The second-order valence-corrected chi connectivity index (χ2v) is 6.44. The maximum atomic E-state index is 11.5. The monoisotopic (exact) mass is 217 g/mol. The fourth-order valence-electron chi connectivity index (χ4n) is 1.90. The largest absolute Gasteiger partial charge is 0.395 e. The average Bonchev–Trinajstić information content (AvgIpc) is 2.63. The Kier molecular flexibility index (Phi) is 3.17. The Labute approximate surface area is 84.5 Å². The Morgan fingerprint density at radius 3 is 2.64 bits per heavy atom. The molecule has 0 amide bonds. The van der Waals surface area contributed by atoms with Gasteiger partial charge in [-0.25, -0.2) is 8.42 Å². The Bertz CT molecular complexity index is 344. The van der Waals surface area contributed by atoms with Crippen LogP contribution in [0.3, 0.4) is 0 Å². The molecule has 1 aliphatic carbocycles. The molecule has 2 atom stereocenters. The van der Waals surface area contributed by atoms with E-state index in [1.807, 2.05) is 6.07 Å². The van der Waals surface area contributed by atoms with Crippen molar-refractivity contribution in [2.45, 2.75) is 31.4 Å². The van der Waals surface area contributed by atoms with E-state index in [2.05, 4.69) is 0 Å². The minimum Gasteiger partial charge on any atom is -0.395 e. The Balaban J connectivity index is 2.81. The molecule has 0 heterocycles. The molecule has 0 aliphatic heterocycles. The minimum atomic E-state index is -3.05. The van der Waals surface area contributed by atoms with Crippen molar-refractivity contribution in [3.05, 3.63) is 0 Å². The van der Waals surface area contributed by atoms with Crippen LogP contribution in [0, 0.1) is 16.7 Å². The summed E-state index contributed by atoms with van der Waals surface area (Å²) in [7, 11) is -3.05. The summed E-state index contributed by atoms with van der Waals surface area (Å²) in [5.74, 6) is 0.116. The summed E-state index contributed by atoms with van der Waals surface area (Å²) in [5, 5.41) is 17.5. The number of sulfone groups is 1. The van der Waals surface area contributed by atoms with E-state index in [9.17, 15) is 8.42 Å². The number of hydrogen-bond donors (Lipinski definition) is 1. The molecular weight excluding hydrogens is 202 g/mol. The first-order valence-corrected chi connectivity index (χ1v) is 6.45. The van der Waals surface area contributed by atoms with Crippen LogP contribution in [0.4, 0.5) is 0 Å². The van der Waals surface area contributed by atoms with E-state index in [1.54, 1.807) is 6.92 Å². The first-order chi connectivity index (χ1) is 6.49. The summed E-state index contributed by atoms with van der Waals surface area (Å²) in [6, 6.07) is 2.04. The fourth-order valence-corrected chi connectivity index (χ4v) is 3.42. The van der Waals surface area contributed by atoms with E-state index in [0.29, 0.717) is 12.8 Å². The van der Waals surface area contributed by atoms with E-state index < -0.39 is 20.5 Å². The van der Waals surface area contributed by atoms with E-state index in [0.717, 1.165) is 0 Å². The molecule has 1 N–H and O–H groups in total. The van der Waals surface area contributed by atoms with Gasteiger partial charge in [0, 0.05) is 5.75 Å². The van der Waals surface area contributed by atoms with Crippen LogP contribution in [0.25, 0.3) is 0 Å². The molecule has 0 unspecified atom stereocenters. The van der Waals surface area contributed by atoms with Gasteiger partial charge in [0.25, 0.3) is 0 Å². The quantitative estimate of drug-likeness (QED) is 0.745. The van der Waals surface area contributed by atoms with Crippen LogP contribution in [-0.4, -0.2) is 31.1 Å². The molecule has 1 fully saturated rings. The third kappa shape index (κ3) is 1.91. The van der Waals surface area contributed by atoms with Gasteiger partial charge < -0.3 is 5.11 Å². The van der Waals surface area contributed by atoms with Crippen LogP contribution >= 0.6 is 0 Å². The highest BCUT2D eigenvalue weighted by atomic mass is 32.2. The van der Waals surface area contributed by atoms with Gasteiger partial charge in [-0.05, 0) is 19.3 Å². The standard InChI is InChI=1S/C9H15NO3S/c1-2-14(12,13)8-3-4-9(5-8,6-10)7-11/h8,11H,2-5,7H2,1H3/t8-,9+/m0/s1. The maximum absolute atomic E-state index is 11.5. The molecule has 80 valence electrons. The van der Waals surface area contributed by atoms with Crippen molar-refractivity contribution in [1.82, 2.24) is 0 Å². The van der Waals surface area contributed by atoms with E-state index in [4.69, 9.17) is 10.4 Å². The van der Waals surface area contributed by atoms with E-state index in [1.165, 1.54) is 0 Å². The van der Waals surface area contributed by atoms with Gasteiger partial charge in [-0.3, -0.25) is 0 Å². The number of aliphatic hydroxyl groups excluding tert-OH is 1. The third-order valence-electron chi connectivity index (χ3n) is 3.01. The molecule has 5 heteroatoms. The third-order valence-corrected chi connectivity index (χ3v) is 5.24. The first kappa shape index (κ1) is 11.5. The zero-order valence-corrected chi connectivity index (χ0v) is 9.05. The molecular formula is C9H15NO3S. The van der Waals surface area contributed by atoms with E-state index in [-0.39, 0.29) is 18.8 Å². The zero-order valence-electron chi connectivity index (χ0n) is 8.23. The van der Waals surface area contributed by atoms with Gasteiger partial charge >= 0.3 is 0 Å². The lowest BCUT2D eigenvalue weighted by Gasteiger charge is -2.16. The van der Waals surface area contributed by atoms with Crippen LogP contribution < -0.4 is 0 Å². The van der Waals surface area contributed by atoms with Crippen LogP contribution in [0.2, 0.25) is 0 Å². The van der Waals surface area contributed by atoms with E-state index >= 15 is 0 Å². The molecule has 0 aromatic carbocycles. The summed E-state index contributed by atoms with van der Waals surface area (Å²) >= 11 is 0. The first-order valence-electron chi connectivity index (χ1n) is 4.73. The molecule has 0 radical (unpaired) electrons. The predicted octanol–water partition coefficient (Wildman–Crippen LogP) is 0.476. The summed E-state index contributed by atoms with van der Waals surface area (Å²) < 4.78 is 23.1. The molecule has 0 saturated heterocycles. The summed E-state index contributed by atoms with van der Waals surface area (Å²) in [6.45, 7) is 1.37. The normalized spacial score (nSPS) is 32.8. The molecule has 0 spiro atoms. The topological polar surface area (TPSA) is 78.2 Å². The molecule has 0 bridgehead atoms. The minimum absolute atomic E-state index is 0.116. The van der Waals surface area contributed by atoms with Crippen molar-refractivity contribution in [2.24, 2.45) is 5.41 Å². The molecule has 1 saturated carbocycles. The molecule has 0 aromatic heterocycles. The second-order valence-electron chi connectivity index (χ2n) is 3.87. The molecule has 1 aliphatic rings. The number of nitrogens with zero attached hydrogens (tertiary/aromatic N) is 1. The number of hydrogen-bond acceptors (Lipinski definition) is 4. The highest BCUT2D eigenvalue weighted by Crippen LogP contribution is 2.40. The zero-order chi connectivity index (χ0) is 10.8. The molecule has 4 nitrogen and oxygen atoms in total. The second kappa shape index (κ2) is 3.87. The van der Waals surface area contributed by atoms with Gasteiger partial charge in [-0.15, -0.1) is 0 Å². The van der Waals surface area contributed by atoms with Gasteiger partial charge in [0.1, 0.15) is 0 Å². The van der Waals surface area contributed by atoms with Gasteiger partial charge in [0.15, 0.2) is 9.84 Å². The Morgan fingerprint density at radius 1 is 1.64 bits per heavy atom. The average molecular weight is 217 g/mol. The van der Waals surface area contributed by atoms with Crippen LogP contribution in [0.1, 0.15) is 26.2 Å². The number of aliphatic hydroxyl groups is 1. The number of nitriles is 1. The lowest BCUT2D eigenvalue weighted by Crippen LogP contribution is -2.25. The van der Waals surface area contributed by atoms with Crippen molar-refractivity contribution < 1.29 is 13.5 Å². The van der Waals surface area contributed by atoms with Gasteiger partial charge in [-0.1, -0.05) is 6.92 Å². The molecule has 14 heavy (non-hydrogen) atoms. The summed E-state index contributed by atoms with van der Waals surface area (Å²) in [6.07, 6.45) is 1.28. The molecule has 0 aromatic rings. The lowest BCUT2D eigenvalue weighted by molar-refractivity contribution is 0.180. The van der Waals surface area contributed by atoms with Gasteiger partial charge in [0.05, 0.1) is 23.3 Å². The Hall–Kier alpha value is -0.600. The lowest BCUT2D eigenvalue weighted by atomic mass is 9.89. The van der Waals surface area contributed by atoms with Crippen molar-refractivity contribution in [3.63, 3.8) is 0 Å². The maximum Gasteiger partial charge on any atom is 0.152 e. The fraction of sp³-hybridized carbons (Fsp3) is 0.889. The van der Waals surface area contributed by atoms with Gasteiger partial charge in [-0.2, -0.15) is 5.26 Å². The van der Waals surface area contributed by atoms with Crippen molar-refractivity contribution in [1.29, 1.82) is 5.26 Å². The van der Waals surface area contributed by atoms with Crippen LogP contribution in [0.15, 0.2) is 0 Å². The van der Waals surface area contributed by atoms with Gasteiger partial charge in [0.2, 0.25) is 0 Å². The van der Waals surface area contributed by atoms with Crippen LogP contribution in [-0.2, 0) is 9.84 Å². The van der Waals surface area contributed by atoms with Crippen molar-refractivity contribution in [2.75, 3.05) is 12.4 Å². The van der Waals surface area contributed by atoms with Crippen LogP contribution in [0.5, 0.6) is 0 Å². The summed E-state index contributed by atoms with van der Waals surface area (Å²) in [4.78, 5) is 0. The highest BCUT2D eigenvalue weighted by Gasteiger charge is 2.43. The van der Waals surface area contributed by atoms with Crippen molar-refractivity contribution in [3.8, 4) is 6.07 Å². The Morgan fingerprint density at radius 2 is 2.29 bits per heavy atom.